The van der Waals surface area contributed by atoms with Crippen LogP contribution in [0.5, 0.6) is 0 Å². The van der Waals surface area contributed by atoms with Gasteiger partial charge < -0.3 is 5.73 Å². The lowest BCUT2D eigenvalue weighted by molar-refractivity contribution is 0.477. The fraction of sp³-hybridized carbons (Fsp3) is 0.375. The van der Waals surface area contributed by atoms with E-state index in [1.54, 1.807) is 12.1 Å². The van der Waals surface area contributed by atoms with Crippen LogP contribution in [0.25, 0.3) is 11.3 Å². The van der Waals surface area contributed by atoms with Crippen LogP contribution in [-0.4, -0.2) is 16.3 Å². The highest BCUT2D eigenvalue weighted by Gasteiger charge is 2.08. The van der Waals surface area contributed by atoms with Crippen molar-refractivity contribution in [1.82, 2.24) is 9.78 Å². The SMILES string of the molecule is CC(C)c1ccc(-c2ccc(=O)n(C(C)CN)n2)cc1. The number of hydrogen-bond donors (Lipinski definition) is 1. The van der Waals surface area contributed by atoms with Crippen LogP contribution >= 0.6 is 0 Å². The minimum absolute atomic E-state index is 0.0996. The Morgan fingerprint density at radius 1 is 1.10 bits per heavy atom. The molecule has 0 bridgehead atoms. The van der Waals surface area contributed by atoms with E-state index in [2.05, 4.69) is 31.1 Å². The van der Waals surface area contributed by atoms with Crippen molar-refractivity contribution in [3.63, 3.8) is 0 Å². The number of nitrogens with two attached hydrogens (primary N) is 1. The summed E-state index contributed by atoms with van der Waals surface area (Å²) in [4.78, 5) is 11.8. The largest absolute Gasteiger partial charge is 0.328 e. The topological polar surface area (TPSA) is 60.9 Å². The molecule has 0 amide bonds. The first-order chi connectivity index (χ1) is 9.52. The molecule has 1 heterocycles. The Hall–Kier alpha value is -1.94. The predicted octanol–water partition coefficient (Wildman–Crippen LogP) is 2.55. The summed E-state index contributed by atoms with van der Waals surface area (Å²) in [6.07, 6.45) is 0. The summed E-state index contributed by atoms with van der Waals surface area (Å²) in [5.74, 6) is 0.503. The fourth-order valence-corrected chi connectivity index (χ4v) is 2.03. The molecule has 0 aliphatic heterocycles. The van der Waals surface area contributed by atoms with Gasteiger partial charge in [-0.2, -0.15) is 5.10 Å². The minimum Gasteiger partial charge on any atom is -0.328 e. The van der Waals surface area contributed by atoms with Gasteiger partial charge in [0, 0.05) is 18.2 Å². The molecule has 0 radical (unpaired) electrons. The second-order valence-electron chi connectivity index (χ2n) is 5.36. The van der Waals surface area contributed by atoms with E-state index in [1.807, 2.05) is 19.1 Å². The third-order valence-corrected chi connectivity index (χ3v) is 3.46. The molecule has 2 N–H and O–H groups in total. The highest BCUT2D eigenvalue weighted by atomic mass is 16.1. The van der Waals surface area contributed by atoms with Gasteiger partial charge in [0.1, 0.15) is 0 Å². The Morgan fingerprint density at radius 2 is 1.75 bits per heavy atom. The fourth-order valence-electron chi connectivity index (χ4n) is 2.03. The highest BCUT2D eigenvalue weighted by molar-refractivity contribution is 5.58. The molecule has 0 saturated heterocycles. The summed E-state index contributed by atoms with van der Waals surface area (Å²) >= 11 is 0. The normalized spacial score (nSPS) is 12.7. The zero-order valence-electron chi connectivity index (χ0n) is 12.2. The number of hydrogen-bond acceptors (Lipinski definition) is 3. The van der Waals surface area contributed by atoms with Crippen LogP contribution in [0.1, 0.15) is 38.3 Å². The lowest BCUT2D eigenvalue weighted by atomic mass is 10.0. The number of benzene rings is 1. The molecular weight excluding hydrogens is 250 g/mol. The van der Waals surface area contributed by atoms with E-state index in [4.69, 9.17) is 5.73 Å². The van der Waals surface area contributed by atoms with Gasteiger partial charge in [-0.3, -0.25) is 4.79 Å². The van der Waals surface area contributed by atoms with E-state index < -0.39 is 0 Å². The monoisotopic (exact) mass is 271 g/mol. The smallest absolute Gasteiger partial charge is 0.267 e. The Labute approximate surface area is 119 Å². The maximum absolute atomic E-state index is 11.8. The third kappa shape index (κ3) is 2.96. The average molecular weight is 271 g/mol. The van der Waals surface area contributed by atoms with Crippen molar-refractivity contribution in [2.75, 3.05) is 6.54 Å². The van der Waals surface area contributed by atoms with Crippen LogP contribution in [0.2, 0.25) is 0 Å². The zero-order chi connectivity index (χ0) is 14.7. The summed E-state index contributed by atoms with van der Waals surface area (Å²) in [6.45, 7) is 6.61. The molecule has 1 aromatic heterocycles. The molecule has 1 unspecified atom stereocenters. The summed E-state index contributed by atoms with van der Waals surface area (Å²) < 4.78 is 1.45. The van der Waals surface area contributed by atoms with Crippen molar-refractivity contribution in [1.29, 1.82) is 0 Å². The molecule has 4 nitrogen and oxygen atoms in total. The van der Waals surface area contributed by atoms with Gasteiger partial charge in [0.25, 0.3) is 5.56 Å². The van der Waals surface area contributed by atoms with Crippen molar-refractivity contribution in [2.24, 2.45) is 5.73 Å². The van der Waals surface area contributed by atoms with Crippen LogP contribution in [0.15, 0.2) is 41.2 Å². The van der Waals surface area contributed by atoms with E-state index in [-0.39, 0.29) is 11.6 Å². The van der Waals surface area contributed by atoms with Gasteiger partial charge >= 0.3 is 0 Å². The molecule has 1 atom stereocenters. The highest BCUT2D eigenvalue weighted by Crippen LogP contribution is 2.20. The lowest BCUT2D eigenvalue weighted by Crippen LogP contribution is -2.29. The number of aromatic nitrogens is 2. The molecule has 0 aliphatic rings. The first kappa shape index (κ1) is 14.5. The van der Waals surface area contributed by atoms with Gasteiger partial charge in [-0.1, -0.05) is 38.1 Å². The van der Waals surface area contributed by atoms with Crippen LogP contribution < -0.4 is 11.3 Å². The van der Waals surface area contributed by atoms with E-state index in [0.29, 0.717) is 12.5 Å². The molecule has 2 aromatic rings. The van der Waals surface area contributed by atoms with Gasteiger partial charge in [0.2, 0.25) is 0 Å². The third-order valence-electron chi connectivity index (χ3n) is 3.46. The molecule has 0 aliphatic carbocycles. The van der Waals surface area contributed by atoms with Crippen LogP contribution in [-0.2, 0) is 0 Å². The van der Waals surface area contributed by atoms with Crippen molar-refractivity contribution < 1.29 is 0 Å². The molecule has 0 spiro atoms. The van der Waals surface area contributed by atoms with Crippen LogP contribution in [0.4, 0.5) is 0 Å². The molecule has 2 rings (SSSR count). The molecule has 1 aromatic carbocycles. The van der Waals surface area contributed by atoms with Gasteiger partial charge in [-0.15, -0.1) is 0 Å². The molecule has 20 heavy (non-hydrogen) atoms. The Kier molecular flexibility index (Phi) is 4.35. The number of rotatable bonds is 4. The first-order valence-corrected chi connectivity index (χ1v) is 6.93. The van der Waals surface area contributed by atoms with Gasteiger partial charge in [-0.05, 0) is 24.5 Å². The molecule has 4 heteroatoms. The van der Waals surface area contributed by atoms with Crippen molar-refractivity contribution in [3.8, 4) is 11.3 Å². The lowest BCUT2D eigenvalue weighted by Gasteiger charge is -2.13. The molecule has 0 fully saturated rings. The van der Waals surface area contributed by atoms with E-state index >= 15 is 0 Å². The average Bonchev–Trinajstić information content (AvgIpc) is 2.47. The van der Waals surface area contributed by atoms with Crippen LogP contribution in [0.3, 0.4) is 0 Å². The molecule has 0 saturated carbocycles. The first-order valence-electron chi connectivity index (χ1n) is 6.93. The quantitative estimate of drug-likeness (QED) is 0.929. The summed E-state index contributed by atoms with van der Waals surface area (Å²) in [7, 11) is 0. The van der Waals surface area contributed by atoms with Crippen molar-refractivity contribution in [3.05, 3.63) is 52.3 Å². The molecule has 106 valence electrons. The Morgan fingerprint density at radius 3 is 2.30 bits per heavy atom. The van der Waals surface area contributed by atoms with Crippen molar-refractivity contribution in [2.45, 2.75) is 32.7 Å². The van der Waals surface area contributed by atoms with E-state index in [1.165, 1.54) is 10.2 Å². The number of nitrogens with zero attached hydrogens (tertiary/aromatic N) is 2. The second kappa shape index (κ2) is 6.01. The van der Waals surface area contributed by atoms with E-state index in [0.717, 1.165) is 11.3 Å². The van der Waals surface area contributed by atoms with Gasteiger partial charge in [-0.25, -0.2) is 4.68 Å². The van der Waals surface area contributed by atoms with Gasteiger partial charge in [0.05, 0.1) is 11.7 Å². The summed E-state index contributed by atoms with van der Waals surface area (Å²) in [6, 6.07) is 11.5. The zero-order valence-corrected chi connectivity index (χ0v) is 12.2. The standard InChI is InChI=1S/C16H21N3O/c1-11(2)13-4-6-14(7-5-13)15-8-9-16(20)19(18-15)12(3)10-17/h4-9,11-12H,10,17H2,1-3H3. The predicted molar refractivity (Wildman–Crippen MR) is 81.8 cm³/mol. The molecular formula is C16H21N3O. The minimum atomic E-state index is -0.120. The van der Waals surface area contributed by atoms with E-state index in [9.17, 15) is 4.79 Å². The van der Waals surface area contributed by atoms with Gasteiger partial charge in [0.15, 0.2) is 0 Å². The second-order valence-corrected chi connectivity index (χ2v) is 5.36. The van der Waals surface area contributed by atoms with Crippen molar-refractivity contribution >= 4 is 0 Å². The Bertz CT molecular complexity index is 629. The van der Waals surface area contributed by atoms with Crippen LogP contribution in [0, 0.1) is 0 Å². The summed E-state index contributed by atoms with van der Waals surface area (Å²) in [5.41, 5.74) is 8.58. The maximum atomic E-state index is 11.8. The Balaban J connectivity index is 2.40. The summed E-state index contributed by atoms with van der Waals surface area (Å²) in [5, 5.41) is 4.41. The maximum Gasteiger partial charge on any atom is 0.267 e.